The maximum absolute atomic E-state index is 12.3. The highest BCUT2D eigenvalue weighted by Gasteiger charge is 2.13. The number of amides is 1. The molecule has 0 radical (unpaired) electrons. The van der Waals surface area contributed by atoms with E-state index in [1.54, 1.807) is 4.52 Å². The van der Waals surface area contributed by atoms with E-state index in [0.29, 0.717) is 18.6 Å². The minimum Gasteiger partial charge on any atom is -0.326 e. The highest BCUT2D eigenvalue weighted by Crippen LogP contribution is 2.21. The minimum atomic E-state index is -0.0158. The Balaban J connectivity index is 1.72. The zero-order valence-corrected chi connectivity index (χ0v) is 15.4. The minimum absolute atomic E-state index is 0.0158. The topological polar surface area (TPSA) is 72.2 Å². The molecule has 0 aliphatic rings. The SMILES string of the molecule is Cc1cc(Br)ccc1NC(=O)CCc1c(C)nc2ncnn2c1C. The summed E-state index contributed by atoms with van der Waals surface area (Å²) in [5, 5.41) is 7.14. The quantitative estimate of drug-likeness (QED) is 0.744. The largest absolute Gasteiger partial charge is 0.326 e. The van der Waals surface area contributed by atoms with E-state index < -0.39 is 0 Å². The molecule has 2 aromatic heterocycles. The lowest BCUT2D eigenvalue weighted by atomic mass is 10.1. The second kappa shape index (κ2) is 6.68. The molecule has 0 bridgehead atoms. The van der Waals surface area contributed by atoms with Gasteiger partial charge in [0.15, 0.2) is 0 Å². The molecule has 1 N–H and O–H groups in total. The number of halogens is 1. The van der Waals surface area contributed by atoms with E-state index in [-0.39, 0.29) is 5.91 Å². The molecule has 0 unspecified atom stereocenters. The summed E-state index contributed by atoms with van der Waals surface area (Å²) in [4.78, 5) is 20.8. The number of nitrogens with one attached hydrogen (secondary N) is 1. The molecule has 0 spiro atoms. The second-order valence-electron chi connectivity index (χ2n) is 5.74. The van der Waals surface area contributed by atoms with Crippen molar-refractivity contribution in [2.75, 3.05) is 5.32 Å². The van der Waals surface area contributed by atoms with Crippen LogP contribution in [0.2, 0.25) is 0 Å². The summed E-state index contributed by atoms with van der Waals surface area (Å²) in [5.74, 6) is 0.571. The molecule has 2 heterocycles. The average Bonchev–Trinajstić information content (AvgIpc) is 2.98. The molecule has 0 saturated carbocycles. The first-order valence-corrected chi connectivity index (χ1v) is 8.47. The van der Waals surface area contributed by atoms with Gasteiger partial charge in [-0.2, -0.15) is 10.1 Å². The molecule has 3 aromatic rings. The average molecular weight is 388 g/mol. The number of fused-ring (bicyclic) bond motifs is 1. The molecule has 6 nitrogen and oxygen atoms in total. The van der Waals surface area contributed by atoms with Crippen LogP contribution in [0, 0.1) is 20.8 Å². The molecule has 24 heavy (non-hydrogen) atoms. The van der Waals surface area contributed by atoms with Gasteiger partial charge < -0.3 is 5.32 Å². The van der Waals surface area contributed by atoms with Gasteiger partial charge >= 0.3 is 0 Å². The lowest BCUT2D eigenvalue weighted by Gasteiger charge is -2.11. The van der Waals surface area contributed by atoms with E-state index in [1.807, 2.05) is 39.0 Å². The zero-order chi connectivity index (χ0) is 17.3. The number of carbonyl (C=O) groups excluding carboxylic acids is 1. The molecule has 0 aliphatic heterocycles. The molecule has 124 valence electrons. The summed E-state index contributed by atoms with van der Waals surface area (Å²) in [7, 11) is 0. The fourth-order valence-corrected chi connectivity index (χ4v) is 3.21. The number of benzene rings is 1. The van der Waals surface area contributed by atoms with Crippen molar-refractivity contribution in [3.05, 3.63) is 51.5 Å². The van der Waals surface area contributed by atoms with Crippen LogP contribution < -0.4 is 5.32 Å². The summed E-state index contributed by atoms with van der Waals surface area (Å²) in [6, 6.07) is 5.79. The molecule has 3 rings (SSSR count). The van der Waals surface area contributed by atoms with E-state index in [4.69, 9.17) is 0 Å². The van der Waals surface area contributed by atoms with Crippen molar-refractivity contribution in [1.29, 1.82) is 0 Å². The first-order chi connectivity index (χ1) is 11.5. The summed E-state index contributed by atoms with van der Waals surface area (Å²) in [6.45, 7) is 5.88. The van der Waals surface area contributed by atoms with Gasteiger partial charge in [-0.25, -0.2) is 9.50 Å². The van der Waals surface area contributed by atoms with Crippen molar-refractivity contribution in [2.24, 2.45) is 0 Å². The fourth-order valence-electron chi connectivity index (χ4n) is 2.74. The van der Waals surface area contributed by atoms with Crippen LogP contribution >= 0.6 is 15.9 Å². The predicted molar refractivity (Wildman–Crippen MR) is 96.1 cm³/mol. The third-order valence-corrected chi connectivity index (χ3v) is 4.55. The van der Waals surface area contributed by atoms with Gasteiger partial charge in [-0.3, -0.25) is 4.79 Å². The van der Waals surface area contributed by atoms with Crippen LogP contribution in [0.4, 0.5) is 5.69 Å². The first kappa shape index (κ1) is 16.6. The van der Waals surface area contributed by atoms with Crippen LogP contribution in [0.3, 0.4) is 0 Å². The number of hydrogen-bond donors (Lipinski definition) is 1. The third-order valence-electron chi connectivity index (χ3n) is 4.05. The number of anilines is 1. The molecular formula is C17H18BrN5O. The van der Waals surface area contributed by atoms with E-state index >= 15 is 0 Å². The highest BCUT2D eigenvalue weighted by atomic mass is 79.9. The Bertz CT molecular complexity index is 919. The summed E-state index contributed by atoms with van der Waals surface area (Å²) >= 11 is 3.42. The molecule has 1 aromatic carbocycles. The van der Waals surface area contributed by atoms with Gasteiger partial charge in [-0.05, 0) is 56.5 Å². The molecule has 0 atom stereocenters. The van der Waals surface area contributed by atoms with Gasteiger partial charge in [-0.1, -0.05) is 15.9 Å². The van der Waals surface area contributed by atoms with Gasteiger partial charge in [0.2, 0.25) is 5.91 Å². The Hall–Kier alpha value is -2.28. The highest BCUT2D eigenvalue weighted by molar-refractivity contribution is 9.10. The molecule has 0 saturated heterocycles. The van der Waals surface area contributed by atoms with Crippen LogP contribution in [-0.4, -0.2) is 25.5 Å². The van der Waals surface area contributed by atoms with Crippen molar-refractivity contribution in [3.8, 4) is 0 Å². The van der Waals surface area contributed by atoms with Crippen LogP contribution in [0.1, 0.15) is 28.9 Å². The summed E-state index contributed by atoms with van der Waals surface area (Å²) in [5.41, 5.74) is 4.76. The van der Waals surface area contributed by atoms with E-state index in [1.165, 1.54) is 6.33 Å². The smallest absolute Gasteiger partial charge is 0.252 e. The number of aromatic nitrogens is 4. The lowest BCUT2D eigenvalue weighted by molar-refractivity contribution is -0.116. The maximum Gasteiger partial charge on any atom is 0.252 e. The standard InChI is InChI=1S/C17H18BrN5O/c1-10-8-13(18)4-6-15(10)22-16(24)7-5-14-11(2)21-17-19-9-20-23(17)12(14)3/h4,6,8-9H,5,7H2,1-3H3,(H,22,24). The zero-order valence-electron chi connectivity index (χ0n) is 13.8. The third kappa shape index (κ3) is 3.31. The normalized spacial score (nSPS) is 11.0. The van der Waals surface area contributed by atoms with Gasteiger partial charge in [0.1, 0.15) is 6.33 Å². The molecular weight excluding hydrogens is 370 g/mol. The molecule has 1 amide bonds. The van der Waals surface area contributed by atoms with Gasteiger partial charge in [0, 0.05) is 28.0 Å². The van der Waals surface area contributed by atoms with E-state index in [2.05, 4.69) is 36.3 Å². The first-order valence-electron chi connectivity index (χ1n) is 7.67. The van der Waals surface area contributed by atoms with Crippen molar-refractivity contribution in [3.63, 3.8) is 0 Å². The number of hydrogen-bond acceptors (Lipinski definition) is 4. The number of nitrogens with zero attached hydrogens (tertiary/aromatic N) is 4. The predicted octanol–water partition coefficient (Wildman–Crippen LogP) is 3.38. The summed E-state index contributed by atoms with van der Waals surface area (Å²) < 4.78 is 2.70. The van der Waals surface area contributed by atoms with Gasteiger partial charge in [-0.15, -0.1) is 0 Å². The Morgan fingerprint density at radius 2 is 2.08 bits per heavy atom. The van der Waals surface area contributed by atoms with Crippen LogP contribution in [-0.2, 0) is 11.2 Å². The van der Waals surface area contributed by atoms with E-state index in [0.717, 1.165) is 32.7 Å². The van der Waals surface area contributed by atoms with Gasteiger partial charge in [0.25, 0.3) is 5.78 Å². The second-order valence-corrected chi connectivity index (χ2v) is 6.66. The Kier molecular flexibility index (Phi) is 4.62. The van der Waals surface area contributed by atoms with Crippen molar-refractivity contribution in [2.45, 2.75) is 33.6 Å². The van der Waals surface area contributed by atoms with Crippen molar-refractivity contribution in [1.82, 2.24) is 19.6 Å². The van der Waals surface area contributed by atoms with Crippen LogP contribution in [0.15, 0.2) is 29.0 Å². The number of carbonyl (C=O) groups is 1. The maximum atomic E-state index is 12.3. The number of rotatable bonds is 4. The molecule has 0 fully saturated rings. The Labute approximate surface area is 148 Å². The number of aryl methyl sites for hydroxylation is 3. The van der Waals surface area contributed by atoms with Crippen molar-refractivity contribution >= 4 is 33.3 Å². The van der Waals surface area contributed by atoms with Crippen LogP contribution in [0.5, 0.6) is 0 Å². The molecule has 7 heteroatoms. The molecule has 0 aliphatic carbocycles. The lowest BCUT2D eigenvalue weighted by Crippen LogP contribution is -2.15. The Morgan fingerprint density at radius 3 is 2.83 bits per heavy atom. The monoisotopic (exact) mass is 387 g/mol. The fraction of sp³-hybridized carbons (Fsp3) is 0.294. The van der Waals surface area contributed by atoms with Crippen LogP contribution in [0.25, 0.3) is 5.78 Å². The van der Waals surface area contributed by atoms with Gasteiger partial charge in [0.05, 0.1) is 0 Å². The Morgan fingerprint density at radius 1 is 1.29 bits per heavy atom. The summed E-state index contributed by atoms with van der Waals surface area (Å²) in [6.07, 6.45) is 2.49. The van der Waals surface area contributed by atoms with E-state index in [9.17, 15) is 4.79 Å². The van der Waals surface area contributed by atoms with Crippen molar-refractivity contribution < 1.29 is 4.79 Å².